The molecular formula is C16H24N6. The summed E-state index contributed by atoms with van der Waals surface area (Å²) in [7, 11) is 2.14. The quantitative estimate of drug-likeness (QED) is 0.934. The van der Waals surface area contributed by atoms with Gasteiger partial charge >= 0.3 is 0 Å². The molecular weight excluding hydrogens is 276 g/mol. The molecule has 1 atom stereocenters. The van der Waals surface area contributed by atoms with Crippen LogP contribution in [-0.2, 0) is 6.54 Å². The van der Waals surface area contributed by atoms with Gasteiger partial charge in [0.25, 0.3) is 0 Å². The predicted molar refractivity (Wildman–Crippen MR) is 86.8 cm³/mol. The number of hydrogen-bond acceptors (Lipinski definition) is 5. The predicted octanol–water partition coefficient (Wildman–Crippen LogP) is 1.92. The minimum Gasteiger partial charge on any atom is -0.355 e. The van der Waals surface area contributed by atoms with Gasteiger partial charge in [0.05, 0.1) is 6.20 Å². The van der Waals surface area contributed by atoms with E-state index in [4.69, 9.17) is 0 Å². The van der Waals surface area contributed by atoms with Crippen LogP contribution < -0.4 is 4.90 Å². The molecule has 3 heterocycles. The molecule has 3 rings (SSSR count). The zero-order valence-electron chi connectivity index (χ0n) is 13.6. The second-order valence-electron chi connectivity index (χ2n) is 6.18. The van der Waals surface area contributed by atoms with E-state index < -0.39 is 0 Å². The molecule has 6 nitrogen and oxygen atoms in total. The smallest absolute Gasteiger partial charge is 0.132 e. The zero-order valence-corrected chi connectivity index (χ0v) is 13.6. The van der Waals surface area contributed by atoms with Crippen molar-refractivity contribution in [2.75, 3.05) is 25.0 Å². The maximum atomic E-state index is 4.41. The van der Waals surface area contributed by atoms with E-state index in [1.807, 2.05) is 13.1 Å². The van der Waals surface area contributed by atoms with Gasteiger partial charge in [0.15, 0.2) is 0 Å². The highest BCUT2D eigenvalue weighted by molar-refractivity contribution is 5.39. The topological polar surface area (TPSA) is 60.9 Å². The maximum absolute atomic E-state index is 4.41. The van der Waals surface area contributed by atoms with Crippen molar-refractivity contribution in [2.45, 2.75) is 39.3 Å². The van der Waals surface area contributed by atoms with Gasteiger partial charge in [0.2, 0.25) is 0 Å². The van der Waals surface area contributed by atoms with Crippen molar-refractivity contribution in [1.82, 2.24) is 25.1 Å². The van der Waals surface area contributed by atoms with Gasteiger partial charge < -0.3 is 4.90 Å². The summed E-state index contributed by atoms with van der Waals surface area (Å²) in [5.41, 5.74) is 3.47. The summed E-state index contributed by atoms with van der Waals surface area (Å²) in [5.74, 6) is 1.01. The number of likely N-dealkylation sites (N-methyl/N-ethyl adjacent to an activating group) is 1. The number of H-pyrrole nitrogens is 1. The molecule has 0 saturated carbocycles. The highest BCUT2D eigenvalue weighted by atomic mass is 15.3. The molecule has 0 amide bonds. The fourth-order valence-corrected chi connectivity index (χ4v) is 3.09. The van der Waals surface area contributed by atoms with E-state index in [1.54, 1.807) is 6.33 Å². The summed E-state index contributed by atoms with van der Waals surface area (Å²) in [6, 6.07) is 2.55. The van der Waals surface area contributed by atoms with Crippen LogP contribution in [0.2, 0.25) is 0 Å². The Morgan fingerprint density at radius 3 is 2.95 bits per heavy atom. The van der Waals surface area contributed by atoms with E-state index in [9.17, 15) is 0 Å². The molecule has 6 heteroatoms. The van der Waals surface area contributed by atoms with Crippen LogP contribution in [0.15, 0.2) is 18.6 Å². The van der Waals surface area contributed by atoms with Crippen molar-refractivity contribution in [3.05, 3.63) is 35.5 Å². The summed E-state index contributed by atoms with van der Waals surface area (Å²) >= 11 is 0. The minimum atomic E-state index is 0.496. The number of aryl methyl sites for hydroxylation is 2. The van der Waals surface area contributed by atoms with E-state index in [2.05, 4.69) is 50.0 Å². The molecule has 0 radical (unpaired) electrons. The van der Waals surface area contributed by atoms with Crippen LogP contribution in [0.4, 0.5) is 5.82 Å². The number of hydrogen-bond donors (Lipinski definition) is 1. The van der Waals surface area contributed by atoms with E-state index >= 15 is 0 Å². The average Bonchev–Trinajstić information content (AvgIpc) is 2.92. The second-order valence-corrected chi connectivity index (χ2v) is 6.18. The van der Waals surface area contributed by atoms with E-state index in [0.717, 1.165) is 31.1 Å². The van der Waals surface area contributed by atoms with Crippen molar-refractivity contribution in [1.29, 1.82) is 0 Å². The van der Waals surface area contributed by atoms with Crippen LogP contribution in [0.3, 0.4) is 0 Å². The van der Waals surface area contributed by atoms with Crippen molar-refractivity contribution >= 4 is 5.82 Å². The SMILES string of the molecule is Cc1cc(N(C)C2CCCN(Cc3cn[nH]c3C)C2)ncn1. The Hall–Kier alpha value is -1.95. The molecule has 1 aliphatic heterocycles. The first kappa shape index (κ1) is 15.0. The third kappa shape index (κ3) is 3.27. The van der Waals surface area contributed by atoms with Crippen LogP contribution in [0.1, 0.15) is 29.8 Å². The Bertz CT molecular complexity index is 623. The van der Waals surface area contributed by atoms with Gasteiger partial charge in [-0.25, -0.2) is 9.97 Å². The Labute approximate surface area is 131 Å². The lowest BCUT2D eigenvalue weighted by Crippen LogP contribution is -2.46. The minimum absolute atomic E-state index is 0.496. The van der Waals surface area contributed by atoms with E-state index in [1.165, 1.54) is 24.1 Å². The molecule has 1 unspecified atom stereocenters. The number of piperidine rings is 1. The van der Waals surface area contributed by atoms with Gasteiger partial charge in [-0.1, -0.05) is 0 Å². The number of nitrogens with zero attached hydrogens (tertiary/aromatic N) is 5. The standard InChI is InChI=1S/C16H24N6/c1-12-7-16(18-11-17-12)21(3)15-5-4-6-22(10-15)9-14-8-19-20-13(14)2/h7-8,11,15H,4-6,9-10H2,1-3H3,(H,19,20). The molecule has 0 spiro atoms. The lowest BCUT2D eigenvalue weighted by atomic mass is 10.0. The van der Waals surface area contributed by atoms with Gasteiger partial charge in [-0.3, -0.25) is 10.00 Å². The third-order valence-electron chi connectivity index (χ3n) is 4.51. The molecule has 1 fully saturated rings. The maximum Gasteiger partial charge on any atom is 0.132 e. The number of likely N-dealkylation sites (tertiary alicyclic amines) is 1. The fraction of sp³-hybridized carbons (Fsp3) is 0.562. The van der Waals surface area contributed by atoms with E-state index in [0.29, 0.717) is 6.04 Å². The summed E-state index contributed by atoms with van der Waals surface area (Å²) in [5, 5.41) is 7.14. The molecule has 0 aromatic carbocycles. The molecule has 2 aromatic heterocycles. The van der Waals surface area contributed by atoms with Gasteiger partial charge in [-0.05, 0) is 33.2 Å². The first-order valence-electron chi connectivity index (χ1n) is 7.86. The molecule has 118 valence electrons. The van der Waals surface area contributed by atoms with Gasteiger partial charge in [0, 0.05) is 49.2 Å². The largest absolute Gasteiger partial charge is 0.355 e. The van der Waals surface area contributed by atoms with Crippen molar-refractivity contribution in [3.8, 4) is 0 Å². The third-order valence-corrected chi connectivity index (χ3v) is 4.51. The molecule has 22 heavy (non-hydrogen) atoms. The highest BCUT2D eigenvalue weighted by Gasteiger charge is 2.24. The number of anilines is 1. The first-order chi connectivity index (χ1) is 10.6. The number of aromatic amines is 1. The Balaban J connectivity index is 1.66. The lowest BCUT2D eigenvalue weighted by Gasteiger charge is -2.38. The monoisotopic (exact) mass is 300 g/mol. The molecule has 0 aliphatic carbocycles. The fourth-order valence-electron chi connectivity index (χ4n) is 3.09. The van der Waals surface area contributed by atoms with Crippen LogP contribution in [0, 0.1) is 13.8 Å². The van der Waals surface area contributed by atoms with Crippen molar-refractivity contribution in [3.63, 3.8) is 0 Å². The highest BCUT2D eigenvalue weighted by Crippen LogP contribution is 2.21. The second kappa shape index (κ2) is 6.44. The molecule has 1 aliphatic rings. The number of nitrogens with one attached hydrogen (secondary N) is 1. The van der Waals surface area contributed by atoms with Crippen LogP contribution in [-0.4, -0.2) is 51.2 Å². The summed E-state index contributed by atoms with van der Waals surface area (Å²) in [4.78, 5) is 13.4. The Kier molecular flexibility index (Phi) is 4.38. The summed E-state index contributed by atoms with van der Waals surface area (Å²) < 4.78 is 0. The van der Waals surface area contributed by atoms with Gasteiger partial charge in [-0.15, -0.1) is 0 Å². The van der Waals surface area contributed by atoms with Gasteiger partial charge in [-0.2, -0.15) is 5.10 Å². The lowest BCUT2D eigenvalue weighted by molar-refractivity contribution is 0.198. The Morgan fingerprint density at radius 1 is 1.36 bits per heavy atom. The van der Waals surface area contributed by atoms with Crippen molar-refractivity contribution < 1.29 is 0 Å². The van der Waals surface area contributed by atoms with Crippen molar-refractivity contribution in [2.24, 2.45) is 0 Å². The number of rotatable bonds is 4. The summed E-state index contributed by atoms with van der Waals surface area (Å²) in [6.45, 7) is 7.27. The van der Waals surface area contributed by atoms with Crippen LogP contribution in [0.5, 0.6) is 0 Å². The van der Waals surface area contributed by atoms with E-state index in [-0.39, 0.29) is 0 Å². The molecule has 1 N–H and O–H groups in total. The first-order valence-corrected chi connectivity index (χ1v) is 7.86. The number of aromatic nitrogens is 4. The zero-order chi connectivity index (χ0) is 15.5. The Morgan fingerprint density at radius 2 is 2.23 bits per heavy atom. The van der Waals surface area contributed by atoms with Gasteiger partial charge in [0.1, 0.15) is 12.1 Å². The molecule has 0 bridgehead atoms. The molecule has 2 aromatic rings. The van der Waals surface area contributed by atoms with Crippen LogP contribution in [0.25, 0.3) is 0 Å². The molecule has 1 saturated heterocycles. The summed E-state index contributed by atoms with van der Waals surface area (Å²) in [6.07, 6.45) is 6.02. The van der Waals surface area contributed by atoms with Crippen LogP contribution >= 0.6 is 0 Å². The average molecular weight is 300 g/mol. The normalized spacial score (nSPS) is 19.3.